The molecule has 0 heterocycles. The van der Waals surface area contributed by atoms with Crippen LogP contribution in [0.1, 0.15) is 17.5 Å². The summed E-state index contributed by atoms with van der Waals surface area (Å²) in [6.07, 6.45) is -1.13. The highest BCUT2D eigenvalue weighted by Crippen LogP contribution is 2.15. The summed E-state index contributed by atoms with van der Waals surface area (Å²) in [5.41, 5.74) is 0.702. The molecule has 0 unspecified atom stereocenters. The van der Waals surface area contributed by atoms with Crippen LogP contribution in [0.2, 0.25) is 0 Å². The Bertz CT molecular complexity index is 737. The zero-order valence-corrected chi connectivity index (χ0v) is 13.3. The van der Waals surface area contributed by atoms with Gasteiger partial charge in [-0.05, 0) is 11.6 Å². The van der Waals surface area contributed by atoms with Crippen molar-refractivity contribution in [2.45, 2.75) is 19.6 Å². The van der Waals surface area contributed by atoms with Crippen molar-refractivity contribution in [2.24, 2.45) is 0 Å². The van der Waals surface area contributed by atoms with Gasteiger partial charge in [0.25, 0.3) is 0 Å². The molecule has 25 heavy (non-hydrogen) atoms. The van der Waals surface area contributed by atoms with E-state index in [2.05, 4.69) is 0 Å². The van der Waals surface area contributed by atoms with Crippen LogP contribution < -0.4 is 0 Å². The number of amides is 1. The number of ether oxygens (including phenoxy) is 1. The molecule has 7 heteroatoms. The summed E-state index contributed by atoms with van der Waals surface area (Å²) in [7, 11) is 0. The Balaban J connectivity index is 2.07. The SMILES string of the molecule is O=C(O)CCN(Cc1cccc(F)c1F)C(=O)OCc1ccccc1. The second-order valence-electron chi connectivity index (χ2n) is 5.32. The highest BCUT2D eigenvalue weighted by atomic mass is 19.2. The molecule has 0 saturated carbocycles. The van der Waals surface area contributed by atoms with Crippen molar-refractivity contribution in [1.29, 1.82) is 0 Å². The topological polar surface area (TPSA) is 66.8 Å². The van der Waals surface area contributed by atoms with Crippen LogP contribution >= 0.6 is 0 Å². The van der Waals surface area contributed by atoms with Crippen molar-refractivity contribution < 1.29 is 28.2 Å². The number of carboxylic acids is 1. The van der Waals surface area contributed by atoms with Crippen molar-refractivity contribution in [1.82, 2.24) is 4.90 Å². The maximum atomic E-state index is 13.8. The largest absolute Gasteiger partial charge is 0.481 e. The van der Waals surface area contributed by atoms with Gasteiger partial charge in [-0.3, -0.25) is 4.79 Å². The number of nitrogens with zero attached hydrogens (tertiary/aromatic N) is 1. The normalized spacial score (nSPS) is 10.3. The molecule has 2 aromatic carbocycles. The first kappa shape index (κ1) is 18.4. The minimum Gasteiger partial charge on any atom is -0.481 e. The first-order valence-corrected chi connectivity index (χ1v) is 7.57. The molecule has 1 N–H and O–H groups in total. The van der Waals surface area contributed by atoms with Gasteiger partial charge in [-0.25, -0.2) is 13.6 Å². The fourth-order valence-electron chi connectivity index (χ4n) is 2.15. The van der Waals surface area contributed by atoms with Gasteiger partial charge in [0.05, 0.1) is 13.0 Å². The lowest BCUT2D eigenvalue weighted by molar-refractivity contribution is -0.137. The molecule has 0 fully saturated rings. The summed E-state index contributed by atoms with van der Waals surface area (Å²) in [5, 5.41) is 8.80. The van der Waals surface area contributed by atoms with Gasteiger partial charge in [0.2, 0.25) is 0 Å². The van der Waals surface area contributed by atoms with E-state index in [0.717, 1.165) is 16.5 Å². The van der Waals surface area contributed by atoms with Crippen LogP contribution in [0, 0.1) is 11.6 Å². The Morgan fingerprint density at radius 1 is 1.04 bits per heavy atom. The molecule has 0 atom stereocenters. The van der Waals surface area contributed by atoms with Crippen molar-refractivity contribution in [3.05, 3.63) is 71.3 Å². The number of hydrogen-bond donors (Lipinski definition) is 1. The predicted molar refractivity (Wildman–Crippen MR) is 85.6 cm³/mol. The summed E-state index contributed by atoms with van der Waals surface area (Å²) in [6.45, 7) is -0.474. The quantitative estimate of drug-likeness (QED) is 0.830. The van der Waals surface area contributed by atoms with Crippen molar-refractivity contribution in [3.8, 4) is 0 Å². The number of carbonyl (C=O) groups is 2. The van der Waals surface area contributed by atoms with E-state index in [0.29, 0.717) is 0 Å². The van der Waals surface area contributed by atoms with Gasteiger partial charge < -0.3 is 14.7 Å². The maximum absolute atomic E-state index is 13.8. The summed E-state index contributed by atoms with van der Waals surface area (Å²) in [4.78, 5) is 24.0. The van der Waals surface area contributed by atoms with Gasteiger partial charge in [-0.2, -0.15) is 0 Å². The number of benzene rings is 2. The summed E-state index contributed by atoms with van der Waals surface area (Å²) in [6, 6.07) is 12.5. The predicted octanol–water partition coefficient (Wildman–Crippen LogP) is 3.58. The molecule has 0 radical (unpaired) electrons. The lowest BCUT2D eigenvalue weighted by Crippen LogP contribution is -2.33. The molecule has 0 spiro atoms. The highest BCUT2D eigenvalue weighted by molar-refractivity contribution is 5.70. The number of carbonyl (C=O) groups excluding carboxylic acids is 1. The fraction of sp³-hybridized carbons (Fsp3) is 0.222. The van der Waals surface area contributed by atoms with E-state index >= 15 is 0 Å². The summed E-state index contributed by atoms with van der Waals surface area (Å²) in [5.74, 6) is -3.22. The van der Waals surface area contributed by atoms with E-state index in [9.17, 15) is 18.4 Å². The highest BCUT2D eigenvalue weighted by Gasteiger charge is 2.19. The molecule has 0 bridgehead atoms. The van der Waals surface area contributed by atoms with Gasteiger partial charge in [0.1, 0.15) is 6.61 Å². The minimum absolute atomic E-state index is 0.00508. The number of rotatable bonds is 7. The third kappa shape index (κ3) is 5.56. The molecule has 0 aliphatic carbocycles. The lowest BCUT2D eigenvalue weighted by atomic mass is 10.2. The molecule has 1 amide bonds. The first-order chi connectivity index (χ1) is 12.0. The number of halogens is 2. The van der Waals surface area contributed by atoms with Crippen molar-refractivity contribution in [3.63, 3.8) is 0 Å². The Morgan fingerprint density at radius 2 is 1.76 bits per heavy atom. The number of aliphatic carboxylic acids is 1. The third-order valence-electron chi connectivity index (χ3n) is 3.45. The van der Waals surface area contributed by atoms with Crippen LogP contribution in [0.25, 0.3) is 0 Å². The van der Waals surface area contributed by atoms with Crippen molar-refractivity contribution >= 4 is 12.1 Å². The molecular formula is C18H17F2NO4. The number of hydrogen-bond acceptors (Lipinski definition) is 3. The zero-order chi connectivity index (χ0) is 18.2. The zero-order valence-electron chi connectivity index (χ0n) is 13.3. The van der Waals surface area contributed by atoms with E-state index in [1.54, 1.807) is 24.3 Å². The van der Waals surface area contributed by atoms with E-state index < -0.39 is 23.7 Å². The summed E-state index contributed by atoms with van der Waals surface area (Å²) >= 11 is 0. The summed E-state index contributed by atoms with van der Waals surface area (Å²) < 4.78 is 32.3. The molecule has 0 aliphatic heterocycles. The second kappa shape index (κ2) is 8.77. The van der Waals surface area contributed by atoms with Crippen LogP contribution in [0.15, 0.2) is 48.5 Å². The van der Waals surface area contributed by atoms with E-state index in [-0.39, 0.29) is 31.7 Å². The Hall–Kier alpha value is -2.96. The van der Waals surface area contributed by atoms with Crippen LogP contribution in [0.5, 0.6) is 0 Å². The van der Waals surface area contributed by atoms with Crippen LogP contribution in [0.3, 0.4) is 0 Å². The Kier molecular flexibility index (Phi) is 6.45. The molecule has 5 nitrogen and oxygen atoms in total. The lowest BCUT2D eigenvalue weighted by Gasteiger charge is -2.22. The fourth-order valence-corrected chi connectivity index (χ4v) is 2.15. The van der Waals surface area contributed by atoms with E-state index in [4.69, 9.17) is 9.84 Å². The molecule has 2 rings (SSSR count). The van der Waals surface area contributed by atoms with Crippen LogP contribution in [-0.2, 0) is 22.7 Å². The van der Waals surface area contributed by atoms with Gasteiger partial charge >= 0.3 is 12.1 Å². The van der Waals surface area contributed by atoms with Gasteiger partial charge in [-0.1, -0.05) is 42.5 Å². The Labute approximate surface area is 143 Å². The molecule has 132 valence electrons. The second-order valence-corrected chi connectivity index (χ2v) is 5.32. The van der Waals surface area contributed by atoms with Gasteiger partial charge in [0.15, 0.2) is 11.6 Å². The molecule has 2 aromatic rings. The monoisotopic (exact) mass is 349 g/mol. The van der Waals surface area contributed by atoms with Gasteiger partial charge in [-0.15, -0.1) is 0 Å². The average molecular weight is 349 g/mol. The van der Waals surface area contributed by atoms with E-state index in [1.165, 1.54) is 12.1 Å². The Morgan fingerprint density at radius 3 is 2.44 bits per heavy atom. The third-order valence-corrected chi connectivity index (χ3v) is 3.45. The number of carboxylic acid groups (broad SMARTS) is 1. The maximum Gasteiger partial charge on any atom is 0.410 e. The standard InChI is InChI=1S/C18H17F2NO4/c19-15-8-4-7-14(17(15)20)11-21(10-9-16(22)23)18(24)25-12-13-5-2-1-3-6-13/h1-8H,9-12H2,(H,22,23). The smallest absolute Gasteiger partial charge is 0.410 e. The first-order valence-electron chi connectivity index (χ1n) is 7.57. The molecule has 0 saturated heterocycles. The van der Waals surface area contributed by atoms with E-state index in [1.807, 2.05) is 6.07 Å². The molecule has 0 aromatic heterocycles. The molecular weight excluding hydrogens is 332 g/mol. The minimum atomic E-state index is -1.11. The van der Waals surface area contributed by atoms with Crippen LogP contribution in [0.4, 0.5) is 13.6 Å². The molecule has 0 aliphatic rings. The van der Waals surface area contributed by atoms with Crippen molar-refractivity contribution in [2.75, 3.05) is 6.54 Å². The van der Waals surface area contributed by atoms with Gasteiger partial charge in [0, 0.05) is 12.1 Å². The average Bonchev–Trinajstić information content (AvgIpc) is 2.60. The van der Waals surface area contributed by atoms with Crippen LogP contribution in [-0.4, -0.2) is 28.6 Å².